The summed E-state index contributed by atoms with van der Waals surface area (Å²) in [5.41, 5.74) is 2.14. The van der Waals surface area contributed by atoms with Gasteiger partial charge in [-0.2, -0.15) is 0 Å². The molecule has 6 aliphatic rings. The van der Waals surface area contributed by atoms with E-state index in [0.29, 0.717) is 43.3 Å². The Balaban J connectivity index is 1.39. The molecule has 5 unspecified atom stereocenters. The molecular weight excluding hydrogens is 450 g/mol. The van der Waals surface area contributed by atoms with Crippen LogP contribution in [0.4, 0.5) is 0 Å². The lowest BCUT2D eigenvalue weighted by Crippen LogP contribution is -2.58. The lowest BCUT2D eigenvalue weighted by atomic mass is 9.49. The molecule has 198 valence electrons. The lowest BCUT2D eigenvalue weighted by Gasteiger charge is -2.59. The van der Waals surface area contributed by atoms with Gasteiger partial charge >= 0.3 is 0 Å². The maximum absolute atomic E-state index is 12.3. The average Bonchev–Trinajstić information content (AvgIpc) is 3.08. The summed E-state index contributed by atoms with van der Waals surface area (Å²) >= 11 is 0. The molecule has 5 nitrogen and oxygen atoms in total. The zero-order valence-corrected chi connectivity index (χ0v) is 22.6. The number of ether oxygens (including phenoxy) is 2. The first-order chi connectivity index (χ1) is 16.9. The largest absolute Gasteiger partial charge is 0.390 e. The van der Waals surface area contributed by atoms with Crippen molar-refractivity contribution < 1.29 is 19.7 Å². The molecule has 7 atom stereocenters. The van der Waals surface area contributed by atoms with Crippen molar-refractivity contribution in [3.8, 4) is 0 Å². The maximum Gasteiger partial charge on any atom is 0.171 e. The summed E-state index contributed by atoms with van der Waals surface area (Å²) in [5.74, 6) is 0.886. The third-order valence-electron chi connectivity index (χ3n) is 11.3. The van der Waals surface area contributed by atoms with E-state index in [-0.39, 0.29) is 10.8 Å². The minimum absolute atomic E-state index is 0.0127. The van der Waals surface area contributed by atoms with Crippen LogP contribution in [0.15, 0.2) is 34.9 Å². The van der Waals surface area contributed by atoms with Crippen molar-refractivity contribution in [3.05, 3.63) is 34.9 Å². The van der Waals surface area contributed by atoms with Crippen molar-refractivity contribution in [3.63, 3.8) is 0 Å². The highest BCUT2D eigenvalue weighted by Gasteiger charge is 2.63. The number of rotatable bonds is 2. The maximum atomic E-state index is 12.3. The first kappa shape index (κ1) is 25.0. The standard InChI is InChI=1S/C31H45NO4/c1-27(2)18-35-31(36-19-27)14-11-25-26-22(9-13-30(25,34)17-31)24-10-12-29(4,33)28(24,3)15-23(26)21-7-5-20(16-32)6-8-21/h5-7,16,21-24,32-34H,8-15,17-19H2,1-4H3/t21?,22?,23-,24?,28?,29+,30?/m1/s1. The van der Waals surface area contributed by atoms with Crippen molar-refractivity contribution in [2.45, 2.75) is 102 Å². The van der Waals surface area contributed by atoms with Crippen LogP contribution in [-0.4, -0.2) is 46.6 Å². The molecule has 0 amide bonds. The summed E-state index contributed by atoms with van der Waals surface area (Å²) in [6.07, 6.45) is 15.7. The highest BCUT2D eigenvalue weighted by atomic mass is 16.7. The Bertz CT molecular complexity index is 1030. The molecule has 3 N–H and O–H groups in total. The summed E-state index contributed by atoms with van der Waals surface area (Å²) in [6.45, 7) is 10.1. The first-order valence-corrected chi connectivity index (χ1v) is 14.3. The molecule has 1 spiro atoms. The molecule has 0 bridgehead atoms. The van der Waals surface area contributed by atoms with Gasteiger partial charge in [-0.1, -0.05) is 44.6 Å². The van der Waals surface area contributed by atoms with Gasteiger partial charge in [0, 0.05) is 29.9 Å². The van der Waals surface area contributed by atoms with Crippen molar-refractivity contribution >= 4 is 6.21 Å². The van der Waals surface area contributed by atoms with Crippen LogP contribution in [0.25, 0.3) is 0 Å². The van der Waals surface area contributed by atoms with E-state index >= 15 is 0 Å². The second-order valence-electron chi connectivity index (χ2n) is 14.2. The van der Waals surface area contributed by atoms with Crippen molar-refractivity contribution in [1.29, 1.82) is 5.41 Å². The molecule has 6 rings (SSSR count). The third kappa shape index (κ3) is 3.67. The molecule has 1 aliphatic heterocycles. The van der Waals surface area contributed by atoms with Crippen LogP contribution >= 0.6 is 0 Å². The van der Waals surface area contributed by atoms with Crippen LogP contribution < -0.4 is 0 Å². The Kier molecular flexibility index (Phi) is 5.64. The first-order valence-electron chi connectivity index (χ1n) is 14.3. The van der Waals surface area contributed by atoms with E-state index in [2.05, 4.69) is 45.9 Å². The van der Waals surface area contributed by atoms with Gasteiger partial charge < -0.3 is 25.1 Å². The SMILES string of the molecule is CC1(C)COC2(CCC3=C4C(CCC3(O)C2)C2CC[C@](C)(O)C2(C)C[C@@H]4C2C=CC(C=N)=CC2)OC1. The zero-order valence-electron chi connectivity index (χ0n) is 22.6. The highest BCUT2D eigenvalue weighted by Crippen LogP contribution is 2.67. The monoisotopic (exact) mass is 495 g/mol. The molecule has 1 saturated heterocycles. The molecule has 36 heavy (non-hydrogen) atoms. The molecular formula is C31H45NO4. The Morgan fingerprint density at radius 3 is 2.42 bits per heavy atom. The third-order valence-corrected chi connectivity index (χ3v) is 11.3. The second-order valence-corrected chi connectivity index (χ2v) is 14.2. The van der Waals surface area contributed by atoms with Gasteiger partial charge in [-0.15, -0.1) is 0 Å². The van der Waals surface area contributed by atoms with Crippen LogP contribution in [0.1, 0.15) is 85.5 Å². The zero-order chi connectivity index (χ0) is 25.6. The molecule has 3 saturated carbocycles. The number of hydrogen-bond acceptors (Lipinski definition) is 5. The minimum Gasteiger partial charge on any atom is -0.390 e. The van der Waals surface area contributed by atoms with E-state index in [1.54, 1.807) is 0 Å². The Morgan fingerprint density at radius 1 is 1.00 bits per heavy atom. The predicted molar refractivity (Wildman–Crippen MR) is 141 cm³/mol. The van der Waals surface area contributed by atoms with Crippen LogP contribution in [0.2, 0.25) is 0 Å². The molecule has 5 aliphatic carbocycles. The number of fused-ring (bicyclic) bond motifs is 4. The lowest BCUT2D eigenvalue weighted by molar-refractivity contribution is -0.322. The summed E-state index contributed by atoms with van der Waals surface area (Å²) in [5, 5.41) is 31.5. The van der Waals surface area contributed by atoms with Crippen LogP contribution in [0.5, 0.6) is 0 Å². The molecule has 0 aromatic rings. The van der Waals surface area contributed by atoms with Gasteiger partial charge in [0.25, 0.3) is 0 Å². The Morgan fingerprint density at radius 2 is 1.75 bits per heavy atom. The van der Waals surface area contributed by atoms with Crippen LogP contribution in [0, 0.1) is 39.9 Å². The topological polar surface area (TPSA) is 82.8 Å². The molecule has 5 heteroatoms. The van der Waals surface area contributed by atoms with Gasteiger partial charge in [0.2, 0.25) is 0 Å². The van der Waals surface area contributed by atoms with Gasteiger partial charge in [-0.25, -0.2) is 0 Å². The molecule has 4 fully saturated rings. The number of aliphatic hydroxyl groups is 2. The summed E-state index contributed by atoms with van der Waals surface area (Å²) in [6, 6.07) is 0. The smallest absolute Gasteiger partial charge is 0.171 e. The second kappa shape index (κ2) is 8.11. The number of nitrogens with one attached hydrogen (secondary N) is 1. The fourth-order valence-electron chi connectivity index (χ4n) is 8.98. The summed E-state index contributed by atoms with van der Waals surface area (Å²) in [4.78, 5) is 0. The number of hydrogen-bond donors (Lipinski definition) is 3. The molecule has 0 radical (unpaired) electrons. The molecule has 0 aromatic heterocycles. The average molecular weight is 496 g/mol. The van der Waals surface area contributed by atoms with Crippen molar-refractivity contribution in [1.82, 2.24) is 0 Å². The fourth-order valence-corrected chi connectivity index (χ4v) is 8.98. The summed E-state index contributed by atoms with van der Waals surface area (Å²) in [7, 11) is 0. The normalized spacial score (nSPS) is 47.1. The van der Waals surface area contributed by atoms with Crippen LogP contribution in [-0.2, 0) is 9.47 Å². The number of allylic oxidation sites excluding steroid dienone is 5. The predicted octanol–water partition coefficient (Wildman–Crippen LogP) is 5.72. The van der Waals surface area contributed by atoms with E-state index in [4.69, 9.17) is 14.9 Å². The van der Waals surface area contributed by atoms with Gasteiger partial charge in [0.05, 0.1) is 24.4 Å². The van der Waals surface area contributed by atoms with E-state index in [1.807, 2.05) is 0 Å². The molecule has 0 aromatic carbocycles. The Labute approximate surface area is 216 Å². The Hall–Kier alpha value is -1.27. The van der Waals surface area contributed by atoms with E-state index in [0.717, 1.165) is 56.9 Å². The highest BCUT2D eigenvalue weighted by molar-refractivity contribution is 5.80. The van der Waals surface area contributed by atoms with E-state index in [1.165, 1.54) is 17.4 Å². The quantitative estimate of drug-likeness (QED) is 0.338. The van der Waals surface area contributed by atoms with Gasteiger partial charge in [0.15, 0.2) is 5.79 Å². The van der Waals surface area contributed by atoms with E-state index < -0.39 is 17.0 Å². The van der Waals surface area contributed by atoms with Gasteiger partial charge in [-0.3, -0.25) is 0 Å². The van der Waals surface area contributed by atoms with E-state index in [9.17, 15) is 10.2 Å². The van der Waals surface area contributed by atoms with Gasteiger partial charge in [-0.05, 0) is 86.7 Å². The van der Waals surface area contributed by atoms with Crippen molar-refractivity contribution in [2.75, 3.05) is 13.2 Å². The fraction of sp³-hybridized carbons (Fsp3) is 0.774. The molecule has 1 heterocycles. The van der Waals surface area contributed by atoms with Crippen molar-refractivity contribution in [2.24, 2.45) is 34.5 Å². The summed E-state index contributed by atoms with van der Waals surface area (Å²) < 4.78 is 12.7. The van der Waals surface area contributed by atoms with Crippen LogP contribution in [0.3, 0.4) is 0 Å². The van der Waals surface area contributed by atoms with Gasteiger partial charge in [0.1, 0.15) is 0 Å². The minimum atomic E-state index is -0.868.